The van der Waals surface area contributed by atoms with E-state index in [1.807, 2.05) is 0 Å². The van der Waals surface area contributed by atoms with Gasteiger partial charge >= 0.3 is 0 Å². The summed E-state index contributed by atoms with van der Waals surface area (Å²) in [6.07, 6.45) is 3.27. The van der Waals surface area contributed by atoms with Gasteiger partial charge < -0.3 is 4.74 Å². The van der Waals surface area contributed by atoms with Crippen LogP contribution < -0.4 is 4.72 Å². The van der Waals surface area contributed by atoms with E-state index < -0.39 is 10.2 Å². The molecule has 0 atom stereocenters. The molecule has 0 unspecified atom stereocenters. The first-order valence-electron chi connectivity index (χ1n) is 5.40. The second-order valence-electron chi connectivity index (χ2n) is 3.69. The fourth-order valence-electron chi connectivity index (χ4n) is 1.55. The number of nitrogens with one attached hydrogen (secondary N) is 1. The molecular weight excluding hydrogens is 242 g/mol. The Hall–Kier alpha value is -1.02. The Morgan fingerprint density at radius 2 is 1.94 bits per heavy atom. The predicted molar refractivity (Wildman–Crippen MR) is 62.4 cm³/mol. The molecule has 0 saturated carbocycles. The maximum Gasteiger partial charge on any atom is 0.279 e. The summed E-state index contributed by atoms with van der Waals surface area (Å²) in [5.41, 5.74) is 0.886. The summed E-state index contributed by atoms with van der Waals surface area (Å²) in [7, 11) is -3.40. The van der Waals surface area contributed by atoms with Gasteiger partial charge in [-0.1, -0.05) is 0 Å². The number of nitrogens with zero attached hydrogens (tertiary/aromatic N) is 2. The minimum Gasteiger partial charge on any atom is -0.379 e. The number of morpholine rings is 1. The number of hydrogen-bond acceptors (Lipinski definition) is 4. The molecule has 94 valence electrons. The Labute approximate surface area is 101 Å². The van der Waals surface area contributed by atoms with Gasteiger partial charge in [-0.05, 0) is 17.7 Å². The van der Waals surface area contributed by atoms with Gasteiger partial charge in [-0.3, -0.25) is 4.98 Å². The highest BCUT2D eigenvalue weighted by molar-refractivity contribution is 7.87. The molecule has 0 aromatic carbocycles. The average molecular weight is 257 g/mol. The van der Waals surface area contributed by atoms with Crippen molar-refractivity contribution in [2.45, 2.75) is 6.54 Å². The minimum atomic E-state index is -3.40. The quantitative estimate of drug-likeness (QED) is 0.807. The van der Waals surface area contributed by atoms with Crippen LogP contribution >= 0.6 is 0 Å². The average Bonchev–Trinajstić information content (AvgIpc) is 2.39. The molecule has 6 nitrogen and oxygen atoms in total. The highest BCUT2D eigenvalue weighted by Gasteiger charge is 2.23. The zero-order valence-electron chi connectivity index (χ0n) is 9.37. The Morgan fingerprint density at radius 3 is 2.59 bits per heavy atom. The van der Waals surface area contributed by atoms with Crippen LogP contribution in [0.25, 0.3) is 0 Å². The van der Waals surface area contributed by atoms with Crippen molar-refractivity contribution in [2.24, 2.45) is 0 Å². The molecule has 0 spiro atoms. The van der Waals surface area contributed by atoms with Gasteiger partial charge in [0.15, 0.2) is 0 Å². The van der Waals surface area contributed by atoms with Gasteiger partial charge in [-0.25, -0.2) is 0 Å². The molecule has 1 aromatic rings. The maximum atomic E-state index is 11.9. The van der Waals surface area contributed by atoms with E-state index in [-0.39, 0.29) is 6.54 Å². The first-order valence-corrected chi connectivity index (χ1v) is 6.84. The summed E-state index contributed by atoms with van der Waals surface area (Å²) >= 11 is 0. The second kappa shape index (κ2) is 5.54. The number of ether oxygens (including phenoxy) is 1. The van der Waals surface area contributed by atoms with Crippen molar-refractivity contribution >= 4 is 10.2 Å². The highest BCUT2D eigenvalue weighted by atomic mass is 32.2. The van der Waals surface area contributed by atoms with E-state index in [0.717, 1.165) is 5.56 Å². The van der Waals surface area contributed by atoms with Crippen LogP contribution in [0.1, 0.15) is 5.56 Å². The molecule has 0 radical (unpaired) electrons. The van der Waals surface area contributed by atoms with Crippen molar-refractivity contribution in [3.8, 4) is 0 Å². The third-order valence-electron chi connectivity index (χ3n) is 2.52. The SMILES string of the molecule is O=S(=O)(NCc1ccncc1)N1CCOCC1. The Bertz CT molecular complexity index is 443. The van der Waals surface area contributed by atoms with Crippen molar-refractivity contribution in [1.29, 1.82) is 0 Å². The molecule has 1 aliphatic rings. The first kappa shape index (κ1) is 12.4. The maximum absolute atomic E-state index is 11.9. The molecule has 1 aromatic heterocycles. The van der Waals surface area contributed by atoms with Crippen LogP contribution in [0.3, 0.4) is 0 Å². The molecule has 1 fully saturated rings. The molecule has 2 heterocycles. The lowest BCUT2D eigenvalue weighted by atomic mass is 10.3. The Morgan fingerprint density at radius 1 is 1.29 bits per heavy atom. The van der Waals surface area contributed by atoms with Gasteiger partial charge in [-0.15, -0.1) is 0 Å². The number of rotatable bonds is 4. The molecule has 2 rings (SSSR count). The molecule has 17 heavy (non-hydrogen) atoms. The summed E-state index contributed by atoms with van der Waals surface area (Å²) < 4.78 is 32.9. The molecule has 0 aliphatic carbocycles. The number of pyridine rings is 1. The summed E-state index contributed by atoms with van der Waals surface area (Å²) in [5.74, 6) is 0. The van der Waals surface area contributed by atoms with Crippen LogP contribution in [0.4, 0.5) is 0 Å². The zero-order valence-corrected chi connectivity index (χ0v) is 10.2. The standard InChI is InChI=1S/C10H15N3O3S/c14-17(15,13-5-7-16-8-6-13)12-9-10-1-3-11-4-2-10/h1-4,12H,5-9H2. The molecular formula is C10H15N3O3S. The van der Waals surface area contributed by atoms with E-state index in [1.165, 1.54) is 4.31 Å². The molecule has 1 N–H and O–H groups in total. The van der Waals surface area contributed by atoms with Crippen LogP contribution in [0.5, 0.6) is 0 Å². The molecule has 1 aliphatic heterocycles. The second-order valence-corrected chi connectivity index (χ2v) is 5.45. The predicted octanol–water partition coefficient (Wildman–Crippen LogP) is -0.252. The van der Waals surface area contributed by atoms with Gasteiger partial charge in [0, 0.05) is 32.0 Å². The topological polar surface area (TPSA) is 71.5 Å². The van der Waals surface area contributed by atoms with Crippen LogP contribution in [0.15, 0.2) is 24.5 Å². The minimum absolute atomic E-state index is 0.280. The lowest BCUT2D eigenvalue weighted by molar-refractivity contribution is 0.0725. The fourth-order valence-corrected chi connectivity index (χ4v) is 2.71. The molecule has 0 bridgehead atoms. The lowest BCUT2D eigenvalue weighted by Crippen LogP contribution is -2.46. The van der Waals surface area contributed by atoms with E-state index in [4.69, 9.17) is 4.74 Å². The van der Waals surface area contributed by atoms with Crippen molar-refractivity contribution < 1.29 is 13.2 Å². The Kier molecular flexibility index (Phi) is 4.06. The van der Waals surface area contributed by atoms with E-state index in [2.05, 4.69) is 9.71 Å². The van der Waals surface area contributed by atoms with Crippen molar-refractivity contribution in [3.05, 3.63) is 30.1 Å². The van der Waals surface area contributed by atoms with Crippen LogP contribution in [-0.4, -0.2) is 44.0 Å². The summed E-state index contributed by atoms with van der Waals surface area (Å²) in [4.78, 5) is 3.88. The van der Waals surface area contributed by atoms with Crippen molar-refractivity contribution in [3.63, 3.8) is 0 Å². The fraction of sp³-hybridized carbons (Fsp3) is 0.500. The lowest BCUT2D eigenvalue weighted by Gasteiger charge is -2.26. The van der Waals surface area contributed by atoms with Crippen molar-refractivity contribution in [1.82, 2.24) is 14.0 Å². The molecule has 7 heteroatoms. The highest BCUT2D eigenvalue weighted by Crippen LogP contribution is 2.04. The third kappa shape index (κ3) is 3.47. The smallest absolute Gasteiger partial charge is 0.279 e. The van der Waals surface area contributed by atoms with E-state index in [0.29, 0.717) is 26.3 Å². The van der Waals surface area contributed by atoms with Gasteiger partial charge in [0.2, 0.25) is 0 Å². The van der Waals surface area contributed by atoms with Crippen LogP contribution in [0, 0.1) is 0 Å². The van der Waals surface area contributed by atoms with Crippen LogP contribution in [0.2, 0.25) is 0 Å². The van der Waals surface area contributed by atoms with Gasteiger partial charge in [0.1, 0.15) is 0 Å². The number of hydrogen-bond donors (Lipinski definition) is 1. The van der Waals surface area contributed by atoms with Gasteiger partial charge in [0.25, 0.3) is 10.2 Å². The first-order chi connectivity index (χ1) is 8.18. The Balaban J connectivity index is 1.93. The largest absolute Gasteiger partial charge is 0.379 e. The summed E-state index contributed by atoms with van der Waals surface area (Å²) in [6, 6.07) is 3.56. The van der Waals surface area contributed by atoms with E-state index >= 15 is 0 Å². The summed E-state index contributed by atoms with van der Waals surface area (Å²) in [5, 5.41) is 0. The van der Waals surface area contributed by atoms with E-state index in [9.17, 15) is 8.42 Å². The monoisotopic (exact) mass is 257 g/mol. The normalized spacial score (nSPS) is 18.1. The zero-order chi connectivity index (χ0) is 12.1. The van der Waals surface area contributed by atoms with Gasteiger partial charge in [-0.2, -0.15) is 17.4 Å². The summed E-state index contributed by atoms with van der Waals surface area (Å²) in [6.45, 7) is 2.01. The third-order valence-corrected chi connectivity index (χ3v) is 4.07. The van der Waals surface area contributed by atoms with Gasteiger partial charge in [0.05, 0.1) is 13.2 Å². The van der Waals surface area contributed by atoms with E-state index in [1.54, 1.807) is 24.5 Å². The van der Waals surface area contributed by atoms with Crippen molar-refractivity contribution in [2.75, 3.05) is 26.3 Å². The van der Waals surface area contributed by atoms with Crippen LogP contribution in [-0.2, 0) is 21.5 Å². The number of aromatic nitrogens is 1. The molecule has 1 saturated heterocycles. The molecule has 0 amide bonds.